The van der Waals surface area contributed by atoms with Crippen molar-refractivity contribution >= 4 is 11.6 Å². The molecule has 1 aliphatic carbocycles. The maximum absolute atomic E-state index is 12.5. The summed E-state index contributed by atoms with van der Waals surface area (Å²) in [6, 6.07) is 1.74. The van der Waals surface area contributed by atoms with Crippen molar-refractivity contribution in [3.05, 3.63) is 23.5 Å². The van der Waals surface area contributed by atoms with E-state index >= 15 is 0 Å². The summed E-state index contributed by atoms with van der Waals surface area (Å²) in [4.78, 5) is 18.6. The second kappa shape index (κ2) is 5.38. The van der Waals surface area contributed by atoms with E-state index in [9.17, 15) is 4.79 Å². The molecule has 0 atom stereocenters. The fourth-order valence-corrected chi connectivity index (χ4v) is 2.09. The van der Waals surface area contributed by atoms with E-state index < -0.39 is 0 Å². The van der Waals surface area contributed by atoms with Crippen LogP contribution in [0.15, 0.2) is 12.3 Å². The molecule has 0 saturated heterocycles. The van der Waals surface area contributed by atoms with Crippen molar-refractivity contribution < 1.29 is 4.79 Å². The van der Waals surface area contributed by atoms with Crippen molar-refractivity contribution in [2.45, 2.75) is 33.1 Å². The Hall–Kier alpha value is -1.58. The molecule has 18 heavy (non-hydrogen) atoms. The molecule has 0 radical (unpaired) electrons. The third-order valence-corrected chi connectivity index (χ3v) is 3.29. The Morgan fingerprint density at radius 3 is 2.89 bits per heavy atom. The number of hydrogen-bond acceptors (Lipinski definition) is 3. The van der Waals surface area contributed by atoms with E-state index in [1.54, 1.807) is 12.3 Å². The largest absolute Gasteiger partial charge is 0.397 e. The second-order valence-electron chi connectivity index (χ2n) is 5.10. The number of nitrogen functional groups attached to an aromatic ring is 1. The lowest BCUT2D eigenvalue weighted by atomic mass is 10.1. The number of carbonyl (C=O) groups is 1. The fraction of sp³-hybridized carbons (Fsp3) is 0.571. The van der Waals surface area contributed by atoms with Crippen LogP contribution in [0.2, 0.25) is 0 Å². The molecule has 1 fully saturated rings. The van der Waals surface area contributed by atoms with Crippen LogP contribution in [0.5, 0.6) is 0 Å². The Balaban J connectivity index is 2.17. The SMILES string of the molecule is CCCN(CC1CC1)C(=O)c1cc(N)cnc1C. The van der Waals surface area contributed by atoms with Crippen molar-refractivity contribution in [2.75, 3.05) is 18.8 Å². The number of nitrogens with two attached hydrogens (primary N) is 1. The van der Waals surface area contributed by atoms with Crippen molar-refractivity contribution in [1.29, 1.82) is 0 Å². The van der Waals surface area contributed by atoms with Gasteiger partial charge in [-0.3, -0.25) is 9.78 Å². The minimum absolute atomic E-state index is 0.0704. The summed E-state index contributed by atoms with van der Waals surface area (Å²) < 4.78 is 0. The summed E-state index contributed by atoms with van der Waals surface area (Å²) in [7, 11) is 0. The summed E-state index contributed by atoms with van der Waals surface area (Å²) >= 11 is 0. The van der Waals surface area contributed by atoms with Gasteiger partial charge in [0.1, 0.15) is 0 Å². The van der Waals surface area contributed by atoms with E-state index in [0.717, 1.165) is 25.2 Å². The summed E-state index contributed by atoms with van der Waals surface area (Å²) in [5.74, 6) is 0.774. The highest BCUT2D eigenvalue weighted by molar-refractivity contribution is 5.96. The van der Waals surface area contributed by atoms with Gasteiger partial charge in [0.25, 0.3) is 5.91 Å². The predicted octanol–water partition coefficient (Wildman–Crippen LogP) is 2.23. The molecule has 0 unspecified atom stereocenters. The van der Waals surface area contributed by atoms with Gasteiger partial charge < -0.3 is 10.6 Å². The molecule has 0 spiro atoms. The highest BCUT2D eigenvalue weighted by Gasteiger charge is 2.27. The smallest absolute Gasteiger partial charge is 0.255 e. The lowest BCUT2D eigenvalue weighted by Gasteiger charge is -2.22. The molecule has 1 aromatic rings. The van der Waals surface area contributed by atoms with E-state index in [2.05, 4.69) is 11.9 Å². The van der Waals surface area contributed by atoms with Gasteiger partial charge >= 0.3 is 0 Å². The molecule has 0 aromatic carbocycles. The lowest BCUT2D eigenvalue weighted by molar-refractivity contribution is 0.0746. The average Bonchev–Trinajstić information content (AvgIpc) is 3.15. The van der Waals surface area contributed by atoms with Crippen LogP contribution in [0.1, 0.15) is 42.2 Å². The number of aromatic nitrogens is 1. The van der Waals surface area contributed by atoms with E-state index in [-0.39, 0.29) is 5.91 Å². The average molecular weight is 247 g/mol. The van der Waals surface area contributed by atoms with Crippen LogP contribution in [-0.4, -0.2) is 28.9 Å². The number of pyridine rings is 1. The van der Waals surface area contributed by atoms with E-state index in [1.807, 2.05) is 11.8 Å². The standard InChI is InChI=1S/C14H21N3O/c1-3-6-17(9-11-4-5-11)14(18)13-7-12(15)8-16-10(13)2/h7-8,11H,3-6,9,15H2,1-2H3. The fourth-order valence-electron chi connectivity index (χ4n) is 2.09. The normalized spacial score (nSPS) is 14.6. The number of aryl methyl sites for hydroxylation is 1. The molecule has 1 amide bonds. The molecule has 2 rings (SSSR count). The quantitative estimate of drug-likeness (QED) is 0.868. The maximum atomic E-state index is 12.5. The number of amides is 1. The molecule has 1 aliphatic rings. The number of hydrogen-bond donors (Lipinski definition) is 1. The molecular weight excluding hydrogens is 226 g/mol. The minimum Gasteiger partial charge on any atom is -0.397 e. The van der Waals surface area contributed by atoms with Gasteiger partial charge in [-0.2, -0.15) is 0 Å². The first-order valence-electron chi connectivity index (χ1n) is 6.63. The molecule has 1 heterocycles. The zero-order valence-corrected chi connectivity index (χ0v) is 11.1. The van der Waals surface area contributed by atoms with E-state index in [1.165, 1.54) is 12.8 Å². The summed E-state index contributed by atoms with van der Waals surface area (Å²) in [5, 5.41) is 0. The van der Waals surface area contributed by atoms with Crippen LogP contribution >= 0.6 is 0 Å². The van der Waals surface area contributed by atoms with Gasteiger partial charge in [-0.15, -0.1) is 0 Å². The monoisotopic (exact) mass is 247 g/mol. The Bertz CT molecular complexity index is 441. The summed E-state index contributed by atoms with van der Waals surface area (Å²) in [5.41, 5.74) is 7.67. The molecule has 4 nitrogen and oxygen atoms in total. The number of nitrogens with zero attached hydrogens (tertiary/aromatic N) is 2. The Labute approximate surface area is 108 Å². The predicted molar refractivity (Wildman–Crippen MR) is 72.3 cm³/mol. The molecule has 0 aliphatic heterocycles. The van der Waals surface area contributed by atoms with Crippen LogP contribution in [0.3, 0.4) is 0 Å². The molecular formula is C14H21N3O. The molecule has 0 bridgehead atoms. The van der Waals surface area contributed by atoms with Gasteiger partial charge in [-0.05, 0) is 38.2 Å². The summed E-state index contributed by atoms with van der Waals surface area (Å²) in [6.45, 7) is 5.63. The van der Waals surface area contributed by atoms with E-state index in [0.29, 0.717) is 17.2 Å². The van der Waals surface area contributed by atoms with Crippen LogP contribution in [0, 0.1) is 12.8 Å². The maximum Gasteiger partial charge on any atom is 0.255 e. The highest BCUT2D eigenvalue weighted by atomic mass is 16.2. The van der Waals surface area contributed by atoms with Gasteiger partial charge in [0.15, 0.2) is 0 Å². The zero-order valence-electron chi connectivity index (χ0n) is 11.1. The van der Waals surface area contributed by atoms with Crippen molar-refractivity contribution in [3.63, 3.8) is 0 Å². The minimum atomic E-state index is 0.0704. The number of rotatable bonds is 5. The first-order valence-corrected chi connectivity index (χ1v) is 6.63. The van der Waals surface area contributed by atoms with Crippen molar-refractivity contribution in [1.82, 2.24) is 9.88 Å². The zero-order chi connectivity index (χ0) is 13.1. The first-order chi connectivity index (χ1) is 8.61. The van der Waals surface area contributed by atoms with Crippen LogP contribution < -0.4 is 5.73 Å². The van der Waals surface area contributed by atoms with Crippen LogP contribution in [0.25, 0.3) is 0 Å². The van der Waals surface area contributed by atoms with Gasteiger partial charge in [0, 0.05) is 13.1 Å². The van der Waals surface area contributed by atoms with Gasteiger partial charge in [0.2, 0.25) is 0 Å². The number of anilines is 1. The second-order valence-corrected chi connectivity index (χ2v) is 5.10. The van der Waals surface area contributed by atoms with E-state index in [4.69, 9.17) is 5.73 Å². The molecule has 98 valence electrons. The molecule has 2 N–H and O–H groups in total. The van der Waals surface area contributed by atoms with Gasteiger partial charge in [-0.1, -0.05) is 6.92 Å². The molecule has 1 saturated carbocycles. The Kier molecular flexibility index (Phi) is 3.84. The van der Waals surface area contributed by atoms with Crippen molar-refractivity contribution in [2.24, 2.45) is 5.92 Å². The molecule has 1 aromatic heterocycles. The molecule has 4 heteroatoms. The van der Waals surface area contributed by atoms with Gasteiger partial charge in [-0.25, -0.2) is 0 Å². The topological polar surface area (TPSA) is 59.2 Å². The van der Waals surface area contributed by atoms with Crippen LogP contribution in [0.4, 0.5) is 5.69 Å². The summed E-state index contributed by atoms with van der Waals surface area (Å²) in [6.07, 6.45) is 5.08. The number of carbonyl (C=O) groups excluding carboxylic acids is 1. The first kappa shape index (κ1) is 12.9. The highest BCUT2D eigenvalue weighted by Crippen LogP contribution is 2.30. The van der Waals surface area contributed by atoms with Crippen molar-refractivity contribution in [3.8, 4) is 0 Å². The van der Waals surface area contributed by atoms with Gasteiger partial charge in [0.05, 0.1) is 23.1 Å². The van der Waals surface area contributed by atoms with Crippen LogP contribution in [-0.2, 0) is 0 Å². The lowest BCUT2D eigenvalue weighted by Crippen LogP contribution is -2.34. The third kappa shape index (κ3) is 3.00. The third-order valence-electron chi connectivity index (χ3n) is 3.29. The Morgan fingerprint density at radius 2 is 2.28 bits per heavy atom. The Morgan fingerprint density at radius 1 is 1.56 bits per heavy atom.